The number of rotatable bonds is 6. The van der Waals surface area contributed by atoms with Gasteiger partial charge in [-0.25, -0.2) is 14.5 Å². The number of carbonyl (C=O) groups excluding carboxylic acids is 1. The highest BCUT2D eigenvalue weighted by molar-refractivity contribution is 6.04. The Kier molecular flexibility index (Phi) is 6.86. The summed E-state index contributed by atoms with van der Waals surface area (Å²) < 4.78 is 3.05. The van der Waals surface area contributed by atoms with Crippen LogP contribution >= 0.6 is 0 Å². The molecule has 3 aromatic heterocycles. The molecule has 1 atom stereocenters. The van der Waals surface area contributed by atoms with Crippen molar-refractivity contribution in [3.63, 3.8) is 0 Å². The number of nitrogens with one attached hydrogen (secondary N) is 1. The van der Waals surface area contributed by atoms with Crippen LogP contribution in [-0.2, 0) is 0 Å². The van der Waals surface area contributed by atoms with Gasteiger partial charge >= 0.3 is 0 Å². The van der Waals surface area contributed by atoms with E-state index in [1.165, 1.54) is 36.6 Å². The summed E-state index contributed by atoms with van der Waals surface area (Å²) >= 11 is 0. The van der Waals surface area contributed by atoms with Gasteiger partial charge in [-0.2, -0.15) is 0 Å². The molecule has 3 N–H and O–H groups in total. The fraction of sp³-hybridized carbons (Fsp3) is 0.258. The highest BCUT2D eigenvalue weighted by atomic mass is 16.2. The predicted octanol–water partition coefficient (Wildman–Crippen LogP) is 5.10. The SMILES string of the molecule is C[C@@H](NC(=O)c1c(N)nn2cccnc12)c1nc2cccc(/C=C/C3CCCCC3)c2c(=O)n1-c1ccccc1. The Hall–Kier alpha value is -4.79. The summed E-state index contributed by atoms with van der Waals surface area (Å²) in [6.07, 6.45) is 13.7. The number of benzene rings is 2. The quantitative estimate of drug-likeness (QED) is 0.314. The summed E-state index contributed by atoms with van der Waals surface area (Å²) in [5.74, 6) is 0.569. The molecule has 1 aliphatic carbocycles. The van der Waals surface area contributed by atoms with Crippen LogP contribution in [0.4, 0.5) is 5.82 Å². The first-order valence-corrected chi connectivity index (χ1v) is 13.7. The number of nitrogens with two attached hydrogens (primary N) is 1. The molecule has 40 heavy (non-hydrogen) atoms. The molecule has 2 aromatic carbocycles. The number of amides is 1. The average Bonchev–Trinajstić information content (AvgIpc) is 3.32. The van der Waals surface area contributed by atoms with Crippen molar-refractivity contribution >= 4 is 34.4 Å². The topological polar surface area (TPSA) is 120 Å². The van der Waals surface area contributed by atoms with Gasteiger partial charge in [-0.3, -0.25) is 14.2 Å². The number of hydrogen-bond acceptors (Lipinski definition) is 6. The maximum absolute atomic E-state index is 14.2. The molecule has 0 unspecified atom stereocenters. The molecule has 3 heterocycles. The standard InChI is InChI=1S/C31H31N7O2/c1-20(34-30(39)26-27(32)36-37-19-9-18-33-29(26)37)28-35-24-15-8-12-22(17-16-21-10-4-2-5-11-21)25(24)31(40)38(28)23-13-6-3-7-14-23/h3,6-9,12-21H,2,4-5,10-11H2,1H3,(H2,32,36)(H,34,39)/b17-16+/t20-/m1/s1. The van der Waals surface area contributed by atoms with Crippen molar-refractivity contribution in [1.82, 2.24) is 29.5 Å². The van der Waals surface area contributed by atoms with Gasteiger partial charge in [-0.05, 0) is 55.5 Å². The molecule has 5 aromatic rings. The highest BCUT2D eigenvalue weighted by Gasteiger charge is 2.25. The van der Waals surface area contributed by atoms with E-state index in [2.05, 4.69) is 27.6 Å². The van der Waals surface area contributed by atoms with Crippen molar-refractivity contribution < 1.29 is 4.79 Å². The predicted molar refractivity (Wildman–Crippen MR) is 156 cm³/mol. The smallest absolute Gasteiger partial charge is 0.266 e. The number of allylic oxidation sites excluding steroid dienone is 1. The average molecular weight is 534 g/mol. The second-order valence-corrected chi connectivity index (χ2v) is 10.3. The Bertz CT molecular complexity index is 1780. The van der Waals surface area contributed by atoms with E-state index in [-0.39, 0.29) is 16.9 Å². The third-order valence-corrected chi connectivity index (χ3v) is 7.55. The van der Waals surface area contributed by atoms with Crippen LogP contribution in [0.15, 0.2) is 77.9 Å². The lowest BCUT2D eigenvalue weighted by atomic mass is 9.88. The fourth-order valence-corrected chi connectivity index (χ4v) is 5.55. The Balaban J connectivity index is 1.44. The van der Waals surface area contributed by atoms with E-state index in [1.54, 1.807) is 30.0 Å². The summed E-state index contributed by atoms with van der Waals surface area (Å²) in [6, 6.07) is 16.2. The van der Waals surface area contributed by atoms with E-state index in [0.29, 0.717) is 34.0 Å². The van der Waals surface area contributed by atoms with Crippen LogP contribution in [0.25, 0.3) is 28.3 Å². The highest BCUT2D eigenvalue weighted by Crippen LogP contribution is 2.27. The van der Waals surface area contributed by atoms with Crippen molar-refractivity contribution in [1.29, 1.82) is 0 Å². The maximum atomic E-state index is 14.2. The Morgan fingerprint density at radius 1 is 1.07 bits per heavy atom. The second kappa shape index (κ2) is 10.8. The molecule has 202 valence electrons. The third-order valence-electron chi connectivity index (χ3n) is 7.55. The van der Waals surface area contributed by atoms with Gasteiger partial charge in [0.25, 0.3) is 11.5 Å². The summed E-state index contributed by atoms with van der Waals surface area (Å²) in [5, 5.41) is 7.71. The third kappa shape index (κ3) is 4.75. The van der Waals surface area contributed by atoms with Crippen molar-refractivity contribution in [3.05, 3.63) is 100 Å². The zero-order chi connectivity index (χ0) is 27.6. The summed E-state index contributed by atoms with van der Waals surface area (Å²) in [7, 11) is 0. The lowest BCUT2D eigenvalue weighted by molar-refractivity contribution is 0.0940. The van der Waals surface area contributed by atoms with Gasteiger partial charge in [0, 0.05) is 12.4 Å². The molecule has 0 bridgehead atoms. The first-order valence-electron chi connectivity index (χ1n) is 13.7. The van der Waals surface area contributed by atoms with Gasteiger partial charge in [0.1, 0.15) is 11.4 Å². The van der Waals surface area contributed by atoms with E-state index in [4.69, 9.17) is 10.7 Å². The molecule has 9 nitrogen and oxygen atoms in total. The van der Waals surface area contributed by atoms with Crippen molar-refractivity contribution in [2.75, 3.05) is 5.73 Å². The van der Waals surface area contributed by atoms with Crippen LogP contribution in [0.1, 0.15) is 66.8 Å². The minimum absolute atomic E-state index is 0.0738. The lowest BCUT2D eigenvalue weighted by Gasteiger charge is -2.20. The molecule has 6 rings (SSSR count). The van der Waals surface area contributed by atoms with Crippen LogP contribution in [0.3, 0.4) is 0 Å². The normalized spacial score (nSPS) is 15.1. The number of para-hydroxylation sites is 1. The van der Waals surface area contributed by atoms with Crippen LogP contribution in [-0.4, -0.2) is 30.1 Å². The number of aromatic nitrogens is 5. The number of nitrogens with zero attached hydrogens (tertiary/aromatic N) is 5. The molecular weight excluding hydrogens is 502 g/mol. The molecule has 9 heteroatoms. The van der Waals surface area contributed by atoms with Crippen LogP contribution in [0.5, 0.6) is 0 Å². The monoisotopic (exact) mass is 533 g/mol. The van der Waals surface area contributed by atoms with E-state index in [9.17, 15) is 9.59 Å². The summed E-state index contributed by atoms with van der Waals surface area (Å²) in [6.45, 7) is 1.80. The van der Waals surface area contributed by atoms with Gasteiger partial charge in [0.15, 0.2) is 11.5 Å². The summed E-state index contributed by atoms with van der Waals surface area (Å²) in [5.41, 5.74) is 8.51. The minimum Gasteiger partial charge on any atom is -0.381 e. The van der Waals surface area contributed by atoms with Gasteiger partial charge in [0.2, 0.25) is 0 Å². The molecular formula is C31H31N7O2. The molecule has 1 fully saturated rings. The molecule has 1 aliphatic rings. The van der Waals surface area contributed by atoms with Gasteiger partial charge < -0.3 is 11.1 Å². The van der Waals surface area contributed by atoms with E-state index < -0.39 is 11.9 Å². The van der Waals surface area contributed by atoms with Gasteiger partial charge in [-0.1, -0.05) is 61.7 Å². The van der Waals surface area contributed by atoms with E-state index >= 15 is 0 Å². The molecule has 0 radical (unpaired) electrons. The Morgan fingerprint density at radius 3 is 2.67 bits per heavy atom. The van der Waals surface area contributed by atoms with Gasteiger partial charge in [0.05, 0.1) is 22.6 Å². The van der Waals surface area contributed by atoms with Crippen molar-refractivity contribution in [3.8, 4) is 5.69 Å². The number of nitrogen functional groups attached to an aromatic ring is 1. The summed E-state index contributed by atoms with van der Waals surface area (Å²) in [4.78, 5) is 36.8. The van der Waals surface area contributed by atoms with Crippen molar-refractivity contribution in [2.45, 2.75) is 45.1 Å². The molecule has 1 saturated carbocycles. The minimum atomic E-state index is -0.635. The zero-order valence-electron chi connectivity index (χ0n) is 22.3. The second-order valence-electron chi connectivity index (χ2n) is 10.3. The lowest BCUT2D eigenvalue weighted by Crippen LogP contribution is -2.33. The zero-order valence-corrected chi connectivity index (χ0v) is 22.3. The maximum Gasteiger partial charge on any atom is 0.266 e. The molecule has 0 spiro atoms. The van der Waals surface area contributed by atoms with Crippen molar-refractivity contribution in [2.24, 2.45) is 5.92 Å². The first kappa shape index (κ1) is 25.5. The number of carbonyl (C=O) groups is 1. The molecule has 0 saturated heterocycles. The fourth-order valence-electron chi connectivity index (χ4n) is 5.55. The molecule has 1 amide bonds. The Morgan fingerprint density at radius 2 is 1.88 bits per heavy atom. The number of fused-ring (bicyclic) bond motifs is 2. The van der Waals surface area contributed by atoms with E-state index in [1.807, 2.05) is 48.5 Å². The Labute approximate surface area is 231 Å². The van der Waals surface area contributed by atoms with Gasteiger partial charge in [-0.15, -0.1) is 5.10 Å². The number of anilines is 1. The number of hydrogen-bond donors (Lipinski definition) is 2. The van der Waals surface area contributed by atoms with Crippen LogP contribution < -0.4 is 16.6 Å². The largest absolute Gasteiger partial charge is 0.381 e. The van der Waals surface area contributed by atoms with Crippen LogP contribution in [0, 0.1) is 5.92 Å². The van der Waals surface area contributed by atoms with E-state index in [0.717, 1.165) is 5.56 Å². The first-order chi connectivity index (χ1) is 19.5. The van der Waals surface area contributed by atoms with Crippen LogP contribution in [0.2, 0.25) is 0 Å². The molecule has 0 aliphatic heterocycles.